The molecule has 1 rings (SSSR count). The van der Waals surface area contributed by atoms with Gasteiger partial charge in [0.05, 0.1) is 5.41 Å². The van der Waals surface area contributed by atoms with Gasteiger partial charge in [0.25, 0.3) is 0 Å². The minimum atomic E-state index is -0.420. The van der Waals surface area contributed by atoms with Crippen LogP contribution in [-0.4, -0.2) is 5.91 Å². The maximum absolute atomic E-state index is 12.9. The Balaban J connectivity index is 3.04. The number of amides is 1. The van der Waals surface area contributed by atoms with Crippen LogP contribution in [0.4, 0.5) is 5.69 Å². The van der Waals surface area contributed by atoms with Crippen molar-refractivity contribution in [3.8, 4) is 0 Å². The fourth-order valence-corrected chi connectivity index (χ4v) is 2.65. The Kier molecular flexibility index (Phi) is 4.92. The molecule has 1 atom stereocenters. The van der Waals surface area contributed by atoms with Crippen molar-refractivity contribution in [2.24, 2.45) is 16.2 Å². The first-order valence-electron chi connectivity index (χ1n) is 7.73. The van der Waals surface area contributed by atoms with Gasteiger partial charge in [-0.05, 0) is 36.3 Å². The molecule has 0 fully saturated rings. The van der Waals surface area contributed by atoms with E-state index in [1.807, 2.05) is 31.2 Å². The first-order chi connectivity index (χ1) is 9.35. The van der Waals surface area contributed by atoms with Crippen LogP contribution in [0.15, 0.2) is 24.3 Å². The van der Waals surface area contributed by atoms with Crippen LogP contribution in [0.5, 0.6) is 0 Å². The highest BCUT2D eigenvalue weighted by Crippen LogP contribution is 2.47. The molecule has 1 aromatic rings. The average molecular weight is 289 g/mol. The number of anilines is 1. The lowest BCUT2D eigenvalue weighted by Gasteiger charge is -2.44. The third kappa shape index (κ3) is 4.59. The van der Waals surface area contributed by atoms with Crippen LogP contribution in [0.3, 0.4) is 0 Å². The summed E-state index contributed by atoms with van der Waals surface area (Å²) in [6.07, 6.45) is 0.848. The van der Waals surface area contributed by atoms with Crippen molar-refractivity contribution in [2.45, 2.75) is 61.8 Å². The molecule has 1 unspecified atom stereocenters. The van der Waals surface area contributed by atoms with Gasteiger partial charge in [-0.2, -0.15) is 0 Å². The summed E-state index contributed by atoms with van der Waals surface area (Å²) in [5.41, 5.74) is 1.65. The molecule has 1 N–H and O–H groups in total. The molecule has 0 aliphatic heterocycles. The second kappa shape index (κ2) is 5.82. The summed E-state index contributed by atoms with van der Waals surface area (Å²) in [5, 5.41) is 3.10. The second-order valence-corrected chi connectivity index (χ2v) is 8.64. The highest BCUT2D eigenvalue weighted by molar-refractivity contribution is 5.95. The highest BCUT2D eigenvalue weighted by atomic mass is 16.2. The smallest absolute Gasteiger partial charge is 0.230 e. The zero-order valence-electron chi connectivity index (χ0n) is 14.9. The van der Waals surface area contributed by atoms with E-state index in [9.17, 15) is 4.79 Å². The lowest BCUT2D eigenvalue weighted by Crippen LogP contribution is -2.46. The number of carbonyl (C=O) groups excluding carboxylic acids is 1. The summed E-state index contributed by atoms with van der Waals surface area (Å²) in [7, 11) is 0. The summed E-state index contributed by atoms with van der Waals surface area (Å²) >= 11 is 0. The van der Waals surface area contributed by atoms with Gasteiger partial charge in [0.1, 0.15) is 0 Å². The molecule has 2 heteroatoms. The molecule has 0 saturated heterocycles. The zero-order valence-corrected chi connectivity index (χ0v) is 14.9. The van der Waals surface area contributed by atoms with Gasteiger partial charge in [0.15, 0.2) is 0 Å². The van der Waals surface area contributed by atoms with Gasteiger partial charge in [0.2, 0.25) is 5.91 Å². The van der Waals surface area contributed by atoms with Crippen LogP contribution in [-0.2, 0) is 4.79 Å². The van der Waals surface area contributed by atoms with Crippen molar-refractivity contribution in [3.63, 3.8) is 0 Å². The van der Waals surface area contributed by atoms with E-state index in [0.29, 0.717) is 0 Å². The van der Waals surface area contributed by atoms with E-state index in [1.165, 1.54) is 5.56 Å². The average Bonchev–Trinajstić information content (AvgIpc) is 2.28. The maximum atomic E-state index is 12.9. The Labute approximate surface area is 130 Å². The molecule has 0 radical (unpaired) electrons. The van der Waals surface area contributed by atoms with Crippen molar-refractivity contribution < 1.29 is 4.79 Å². The summed E-state index contributed by atoms with van der Waals surface area (Å²) in [6.45, 7) is 17.1. The molecule has 21 heavy (non-hydrogen) atoms. The summed E-state index contributed by atoms with van der Waals surface area (Å²) in [6, 6.07) is 7.97. The second-order valence-electron chi connectivity index (χ2n) is 8.64. The van der Waals surface area contributed by atoms with Crippen molar-refractivity contribution in [3.05, 3.63) is 29.8 Å². The Morgan fingerprint density at radius 2 is 1.43 bits per heavy atom. The van der Waals surface area contributed by atoms with Crippen molar-refractivity contribution in [1.82, 2.24) is 0 Å². The van der Waals surface area contributed by atoms with E-state index in [2.05, 4.69) is 53.8 Å². The van der Waals surface area contributed by atoms with E-state index >= 15 is 0 Å². The third-order valence-corrected chi connectivity index (χ3v) is 4.35. The molecule has 0 aliphatic rings. The minimum absolute atomic E-state index is 0.102. The van der Waals surface area contributed by atoms with Crippen LogP contribution in [0.2, 0.25) is 0 Å². The first kappa shape index (κ1) is 17.7. The van der Waals surface area contributed by atoms with Gasteiger partial charge >= 0.3 is 0 Å². The number of hydrogen-bond acceptors (Lipinski definition) is 1. The molecule has 118 valence electrons. The van der Waals surface area contributed by atoms with Gasteiger partial charge in [-0.1, -0.05) is 66.2 Å². The number of carbonyl (C=O) groups is 1. The van der Waals surface area contributed by atoms with Gasteiger partial charge < -0.3 is 5.32 Å². The van der Waals surface area contributed by atoms with Gasteiger partial charge in [-0.15, -0.1) is 0 Å². The lowest BCUT2D eigenvalue weighted by molar-refractivity contribution is -0.133. The molecule has 0 aliphatic carbocycles. The van der Waals surface area contributed by atoms with Crippen LogP contribution in [0, 0.1) is 23.2 Å². The molecular weight excluding hydrogens is 258 g/mol. The van der Waals surface area contributed by atoms with Crippen LogP contribution in [0.25, 0.3) is 0 Å². The number of hydrogen-bond donors (Lipinski definition) is 1. The molecule has 0 spiro atoms. The number of nitrogens with one attached hydrogen (secondary N) is 1. The van der Waals surface area contributed by atoms with Crippen molar-refractivity contribution in [1.29, 1.82) is 0 Å². The number of benzene rings is 1. The van der Waals surface area contributed by atoms with Crippen molar-refractivity contribution >= 4 is 11.6 Å². The van der Waals surface area contributed by atoms with Crippen molar-refractivity contribution in [2.75, 3.05) is 5.32 Å². The SMILES string of the molecule is Cc1ccc(NC(=O)C(C)(CC(C)(C)C)C(C)(C)C)cc1. The van der Waals surface area contributed by atoms with Gasteiger partial charge in [-0.3, -0.25) is 4.79 Å². The van der Waals surface area contributed by atoms with Gasteiger partial charge in [0, 0.05) is 5.69 Å². The molecule has 2 nitrogen and oxygen atoms in total. The normalized spacial score (nSPS) is 15.4. The molecule has 0 heterocycles. The fraction of sp³-hybridized carbons (Fsp3) is 0.632. The monoisotopic (exact) mass is 289 g/mol. The van der Waals surface area contributed by atoms with E-state index in [0.717, 1.165) is 12.1 Å². The largest absolute Gasteiger partial charge is 0.326 e. The van der Waals surface area contributed by atoms with E-state index in [1.54, 1.807) is 0 Å². The molecule has 0 bridgehead atoms. The summed E-state index contributed by atoms with van der Waals surface area (Å²) in [5.74, 6) is 0.105. The molecule has 1 amide bonds. The Morgan fingerprint density at radius 3 is 1.81 bits per heavy atom. The summed E-state index contributed by atoms with van der Waals surface area (Å²) < 4.78 is 0. The Bertz CT molecular complexity index is 488. The quantitative estimate of drug-likeness (QED) is 0.790. The molecule has 0 aromatic heterocycles. The molecule has 1 aromatic carbocycles. The standard InChI is InChI=1S/C19H31NO/c1-14-9-11-15(12-10-14)20-16(21)19(8,18(5,6)7)13-17(2,3)4/h9-12H,13H2,1-8H3,(H,20,21). The van der Waals surface area contributed by atoms with E-state index in [-0.39, 0.29) is 16.7 Å². The van der Waals surface area contributed by atoms with Crippen LogP contribution < -0.4 is 5.32 Å². The molecular formula is C19H31NO. The zero-order chi connectivity index (χ0) is 16.5. The Morgan fingerprint density at radius 1 is 0.952 bits per heavy atom. The Hall–Kier alpha value is -1.31. The predicted octanol–water partition coefficient (Wildman–Crippen LogP) is 5.42. The minimum Gasteiger partial charge on any atom is -0.326 e. The topological polar surface area (TPSA) is 29.1 Å². The number of aryl methyl sites for hydroxylation is 1. The van der Waals surface area contributed by atoms with Crippen LogP contribution >= 0.6 is 0 Å². The fourth-order valence-electron chi connectivity index (χ4n) is 2.65. The van der Waals surface area contributed by atoms with E-state index < -0.39 is 5.41 Å². The third-order valence-electron chi connectivity index (χ3n) is 4.35. The predicted molar refractivity (Wildman–Crippen MR) is 91.4 cm³/mol. The summed E-state index contributed by atoms with van der Waals surface area (Å²) in [4.78, 5) is 12.9. The van der Waals surface area contributed by atoms with Gasteiger partial charge in [-0.25, -0.2) is 0 Å². The maximum Gasteiger partial charge on any atom is 0.230 e. The molecule has 0 saturated carbocycles. The first-order valence-corrected chi connectivity index (χ1v) is 7.73. The lowest BCUT2D eigenvalue weighted by atomic mass is 9.61. The highest BCUT2D eigenvalue weighted by Gasteiger charge is 2.46. The van der Waals surface area contributed by atoms with Crippen LogP contribution in [0.1, 0.15) is 60.5 Å². The van der Waals surface area contributed by atoms with E-state index in [4.69, 9.17) is 0 Å². The number of rotatable bonds is 3.